The number of hydrogen-bond donors (Lipinski definition) is 0. The summed E-state index contributed by atoms with van der Waals surface area (Å²) in [5.74, 6) is -0.0502. The maximum absolute atomic E-state index is 12.4. The maximum Gasteiger partial charge on any atom is 0.285 e. The van der Waals surface area contributed by atoms with Crippen LogP contribution >= 0.6 is 0 Å². The van der Waals surface area contributed by atoms with Gasteiger partial charge in [0.05, 0.1) is 12.6 Å². The minimum Gasteiger partial charge on any atom is -0.480 e. The van der Waals surface area contributed by atoms with Gasteiger partial charge in [-0.05, 0) is 24.3 Å². The number of carbonyl (C=O) groups is 1. The zero-order chi connectivity index (χ0) is 13.2. The van der Waals surface area contributed by atoms with Gasteiger partial charge in [0.2, 0.25) is 5.88 Å². The van der Waals surface area contributed by atoms with Crippen LogP contribution in [0.5, 0.6) is 5.88 Å². The van der Waals surface area contributed by atoms with Crippen molar-refractivity contribution < 1.29 is 9.53 Å². The van der Waals surface area contributed by atoms with Crippen LogP contribution in [0.3, 0.4) is 0 Å². The lowest BCUT2D eigenvalue weighted by molar-refractivity contribution is 0.0944. The summed E-state index contributed by atoms with van der Waals surface area (Å²) in [4.78, 5) is 16.4. The highest BCUT2D eigenvalue weighted by Crippen LogP contribution is 2.17. The molecule has 6 heteroatoms. The lowest BCUT2D eigenvalue weighted by Crippen LogP contribution is -2.15. The van der Waals surface area contributed by atoms with Crippen molar-refractivity contribution in [3.8, 4) is 5.88 Å². The smallest absolute Gasteiger partial charge is 0.285 e. The highest BCUT2D eigenvalue weighted by Gasteiger charge is 2.18. The quantitative estimate of drug-likeness (QED) is 0.693. The van der Waals surface area contributed by atoms with Crippen molar-refractivity contribution in [2.45, 2.75) is 0 Å². The number of nitrogens with zero attached hydrogens (tertiary/aromatic N) is 4. The Kier molecular flexibility index (Phi) is 2.68. The van der Waals surface area contributed by atoms with Gasteiger partial charge in [0, 0.05) is 6.20 Å². The van der Waals surface area contributed by atoms with Gasteiger partial charge in [-0.2, -0.15) is 4.68 Å². The zero-order valence-electron chi connectivity index (χ0n) is 10.1. The molecule has 0 saturated heterocycles. The topological polar surface area (TPSA) is 69.9 Å². The summed E-state index contributed by atoms with van der Waals surface area (Å²) < 4.78 is 6.33. The standard InChI is InChI=1S/C13H10N4O2/c1-19-12-9(5-4-8-14-12)13(18)17-11-7-3-2-6-10(11)15-16-17/h2-8H,1H3. The van der Waals surface area contributed by atoms with E-state index in [-0.39, 0.29) is 11.8 Å². The van der Waals surface area contributed by atoms with E-state index in [4.69, 9.17) is 4.74 Å². The molecule has 0 fully saturated rings. The molecular formula is C13H10N4O2. The molecule has 0 atom stereocenters. The van der Waals surface area contributed by atoms with Gasteiger partial charge in [-0.25, -0.2) is 4.98 Å². The van der Waals surface area contributed by atoms with Crippen LogP contribution in [0.15, 0.2) is 42.6 Å². The summed E-state index contributed by atoms with van der Waals surface area (Å²) >= 11 is 0. The molecule has 3 rings (SSSR count). The number of hydrogen-bond acceptors (Lipinski definition) is 5. The van der Waals surface area contributed by atoms with Crippen molar-refractivity contribution in [2.24, 2.45) is 0 Å². The molecule has 19 heavy (non-hydrogen) atoms. The molecule has 0 spiro atoms. The number of ether oxygens (including phenoxy) is 1. The predicted molar refractivity (Wildman–Crippen MR) is 68.0 cm³/mol. The van der Waals surface area contributed by atoms with E-state index in [1.807, 2.05) is 12.1 Å². The summed E-state index contributed by atoms with van der Waals surface area (Å²) in [6.45, 7) is 0. The molecule has 3 aromatic rings. The van der Waals surface area contributed by atoms with E-state index < -0.39 is 0 Å². The molecule has 0 unspecified atom stereocenters. The summed E-state index contributed by atoms with van der Waals surface area (Å²) in [6.07, 6.45) is 1.56. The van der Waals surface area contributed by atoms with E-state index in [0.717, 1.165) is 0 Å². The van der Waals surface area contributed by atoms with Crippen LogP contribution in [0.1, 0.15) is 10.4 Å². The average Bonchev–Trinajstić information content (AvgIpc) is 2.90. The number of benzene rings is 1. The van der Waals surface area contributed by atoms with Gasteiger partial charge >= 0.3 is 0 Å². The van der Waals surface area contributed by atoms with Crippen molar-refractivity contribution in [3.05, 3.63) is 48.2 Å². The first-order valence-corrected chi connectivity index (χ1v) is 5.65. The van der Waals surface area contributed by atoms with Crippen LogP contribution in [-0.2, 0) is 0 Å². The molecule has 1 aromatic carbocycles. The van der Waals surface area contributed by atoms with Crippen LogP contribution < -0.4 is 4.74 Å². The van der Waals surface area contributed by atoms with Crippen molar-refractivity contribution in [2.75, 3.05) is 7.11 Å². The van der Waals surface area contributed by atoms with Crippen LogP contribution in [-0.4, -0.2) is 33.0 Å². The number of carbonyl (C=O) groups excluding carboxylic acids is 1. The molecule has 0 amide bonds. The first-order valence-electron chi connectivity index (χ1n) is 5.65. The van der Waals surface area contributed by atoms with Crippen LogP contribution in [0, 0.1) is 0 Å². The van der Waals surface area contributed by atoms with E-state index in [1.165, 1.54) is 11.8 Å². The Hall–Kier alpha value is -2.76. The van der Waals surface area contributed by atoms with Gasteiger partial charge in [-0.15, -0.1) is 5.10 Å². The first-order chi connectivity index (χ1) is 9.31. The Morgan fingerprint density at radius 2 is 2.05 bits per heavy atom. The van der Waals surface area contributed by atoms with Gasteiger partial charge < -0.3 is 4.74 Å². The number of fused-ring (bicyclic) bond motifs is 1. The van der Waals surface area contributed by atoms with Crippen molar-refractivity contribution in [3.63, 3.8) is 0 Å². The fourth-order valence-electron chi connectivity index (χ4n) is 1.85. The predicted octanol–water partition coefficient (Wildman–Crippen LogP) is 1.52. The third-order valence-corrected chi connectivity index (χ3v) is 2.74. The maximum atomic E-state index is 12.4. The van der Waals surface area contributed by atoms with E-state index in [9.17, 15) is 4.79 Å². The van der Waals surface area contributed by atoms with E-state index in [1.54, 1.807) is 30.5 Å². The van der Waals surface area contributed by atoms with Crippen LogP contribution in [0.4, 0.5) is 0 Å². The van der Waals surface area contributed by atoms with Gasteiger partial charge in [0.15, 0.2) is 0 Å². The molecule has 0 saturated carbocycles. The minimum absolute atomic E-state index is 0.270. The van der Waals surface area contributed by atoms with Crippen LogP contribution in [0.25, 0.3) is 11.0 Å². The lowest BCUT2D eigenvalue weighted by atomic mass is 10.2. The van der Waals surface area contributed by atoms with Gasteiger partial charge in [0.25, 0.3) is 5.91 Å². The summed E-state index contributed by atoms with van der Waals surface area (Å²) in [6, 6.07) is 10.6. The third kappa shape index (κ3) is 1.83. The van der Waals surface area contributed by atoms with Gasteiger partial charge in [-0.1, -0.05) is 17.3 Å². The molecule has 0 bridgehead atoms. The normalized spacial score (nSPS) is 10.6. The highest BCUT2D eigenvalue weighted by molar-refractivity contribution is 6.01. The molecule has 6 nitrogen and oxygen atoms in total. The fraction of sp³-hybridized carbons (Fsp3) is 0.0769. The van der Waals surface area contributed by atoms with Gasteiger partial charge in [-0.3, -0.25) is 4.79 Å². The summed E-state index contributed by atoms with van der Waals surface area (Å²) in [7, 11) is 1.47. The number of methoxy groups -OCH3 is 1. The molecule has 0 N–H and O–H groups in total. The first kappa shape index (κ1) is 11.3. The highest BCUT2D eigenvalue weighted by atomic mass is 16.5. The second-order valence-electron chi connectivity index (χ2n) is 3.86. The Morgan fingerprint density at radius 1 is 1.21 bits per heavy atom. The monoisotopic (exact) mass is 254 g/mol. The molecule has 2 heterocycles. The number of rotatable bonds is 2. The molecule has 2 aromatic heterocycles. The number of para-hydroxylation sites is 1. The Balaban J connectivity index is 2.14. The van der Waals surface area contributed by atoms with E-state index >= 15 is 0 Å². The van der Waals surface area contributed by atoms with Crippen molar-refractivity contribution >= 4 is 16.9 Å². The van der Waals surface area contributed by atoms with Crippen LogP contribution in [0.2, 0.25) is 0 Å². The average molecular weight is 254 g/mol. The SMILES string of the molecule is COc1ncccc1C(=O)n1nnc2ccccc21. The largest absolute Gasteiger partial charge is 0.480 e. The number of pyridine rings is 1. The fourth-order valence-corrected chi connectivity index (χ4v) is 1.85. The third-order valence-electron chi connectivity index (χ3n) is 2.74. The summed E-state index contributed by atoms with van der Waals surface area (Å²) in [5, 5.41) is 7.83. The second-order valence-corrected chi connectivity index (χ2v) is 3.86. The second kappa shape index (κ2) is 4.49. The number of aromatic nitrogens is 4. The molecular weight excluding hydrogens is 244 g/mol. The molecule has 0 radical (unpaired) electrons. The molecule has 0 aliphatic rings. The van der Waals surface area contributed by atoms with Crippen molar-refractivity contribution in [1.29, 1.82) is 0 Å². The summed E-state index contributed by atoms with van der Waals surface area (Å²) in [5.41, 5.74) is 1.66. The lowest BCUT2D eigenvalue weighted by Gasteiger charge is -2.05. The Morgan fingerprint density at radius 3 is 2.89 bits per heavy atom. The van der Waals surface area contributed by atoms with Gasteiger partial charge in [0.1, 0.15) is 11.1 Å². The zero-order valence-corrected chi connectivity index (χ0v) is 10.1. The Bertz CT molecular complexity index is 751. The Labute approximate surface area is 108 Å². The van der Waals surface area contributed by atoms with E-state index in [0.29, 0.717) is 16.6 Å². The minimum atomic E-state index is -0.321. The van der Waals surface area contributed by atoms with E-state index in [2.05, 4.69) is 15.3 Å². The molecule has 0 aliphatic carbocycles. The molecule has 94 valence electrons. The molecule has 0 aliphatic heterocycles. The van der Waals surface area contributed by atoms with Crippen molar-refractivity contribution in [1.82, 2.24) is 20.0 Å².